The monoisotopic (exact) mass is 231 g/mol. The van der Waals surface area contributed by atoms with Crippen LogP contribution in [0.2, 0.25) is 0 Å². The Balaban J connectivity index is 2.47. The Morgan fingerprint density at radius 3 is 2.71 bits per heavy atom. The Kier molecular flexibility index (Phi) is 3.06. The zero-order chi connectivity index (χ0) is 12.4. The summed E-state index contributed by atoms with van der Waals surface area (Å²) in [6.45, 7) is 1.89. The molecule has 88 valence electrons. The maximum atomic E-state index is 13.2. The van der Waals surface area contributed by atoms with E-state index in [4.69, 9.17) is 11.5 Å². The molecule has 1 aromatic heterocycles. The van der Waals surface area contributed by atoms with Gasteiger partial charge < -0.3 is 11.5 Å². The highest BCUT2D eigenvalue weighted by Crippen LogP contribution is 2.25. The van der Waals surface area contributed by atoms with Crippen LogP contribution in [-0.2, 0) is 0 Å². The first-order valence-electron chi connectivity index (χ1n) is 5.31. The van der Waals surface area contributed by atoms with E-state index in [1.807, 2.05) is 6.92 Å². The first-order valence-corrected chi connectivity index (χ1v) is 5.31. The predicted molar refractivity (Wildman–Crippen MR) is 65.8 cm³/mol. The summed E-state index contributed by atoms with van der Waals surface area (Å²) < 4.78 is 13.2. The van der Waals surface area contributed by atoms with Crippen molar-refractivity contribution in [2.75, 3.05) is 5.73 Å². The van der Waals surface area contributed by atoms with E-state index >= 15 is 0 Å². The molecule has 0 fully saturated rings. The number of halogens is 1. The molecule has 3 nitrogen and oxygen atoms in total. The molecule has 17 heavy (non-hydrogen) atoms. The van der Waals surface area contributed by atoms with Gasteiger partial charge in [0.1, 0.15) is 11.6 Å². The van der Waals surface area contributed by atoms with Crippen molar-refractivity contribution >= 4 is 5.82 Å². The van der Waals surface area contributed by atoms with Crippen molar-refractivity contribution in [3.05, 3.63) is 59.0 Å². The Bertz CT molecular complexity index is 540. The summed E-state index contributed by atoms with van der Waals surface area (Å²) in [6, 6.07) is 7.67. The van der Waals surface area contributed by atoms with Crippen LogP contribution < -0.4 is 11.5 Å². The lowest BCUT2D eigenvalue weighted by atomic mass is 9.96. The molecule has 0 saturated heterocycles. The van der Waals surface area contributed by atoms with Crippen LogP contribution in [-0.4, -0.2) is 4.98 Å². The number of nitrogens with zero attached hydrogens (tertiary/aromatic N) is 1. The molecule has 0 amide bonds. The fourth-order valence-electron chi connectivity index (χ4n) is 1.81. The average molecular weight is 231 g/mol. The summed E-state index contributed by atoms with van der Waals surface area (Å²) in [5.41, 5.74) is 14.2. The first kappa shape index (κ1) is 11.5. The number of nitrogen functional groups attached to an aromatic ring is 1. The van der Waals surface area contributed by atoms with Crippen LogP contribution in [0.3, 0.4) is 0 Å². The van der Waals surface area contributed by atoms with Crippen molar-refractivity contribution in [1.29, 1.82) is 0 Å². The number of benzene rings is 1. The number of hydrogen-bond donors (Lipinski definition) is 2. The number of pyridine rings is 1. The molecule has 0 aliphatic carbocycles. The number of aromatic nitrogens is 1. The van der Waals surface area contributed by atoms with Gasteiger partial charge in [0.15, 0.2) is 0 Å². The van der Waals surface area contributed by atoms with E-state index in [-0.39, 0.29) is 5.82 Å². The van der Waals surface area contributed by atoms with Gasteiger partial charge in [-0.3, -0.25) is 0 Å². The maximum absolute atomic E-state index is 13.2. The molecule has 0 radical (unpaired) electrons. The minimum Gasteiger partial charge on any atom is -0.383 e. The third-order valence-corrected chi connectivity index (χ3v) is 2.78. The summed E-state index contributed by atoms with van der Waals surface area (Å²) in [6.07, 6.45) is 1.60. The third kappa shape index (κ3) is 2.26. The van der Waals surface area contributed by atoms with Crippen LogP contribution in [0.25, 0.3) is 0 Å². The van der Waals surface area contributed by atoms with E-state index < -0.39 is 6.04 Å². The fraction of sp³-hybridized carbons (Fsp3) is 0.154. The van der Waals surface area contributed by atoms with Gasteiger partial charge in [-0.05, 0) is 36.2 Å². The molecule has 1 heterocycles. The van der Waals surface area contributed by atoms with E-state index in [0.717, 1.165) is 11.1 Å². The van der Waals surface area contributed by atoms with Crippen molar-refractivity contribution in [1.82, 2.24) is 4.98 Å². The fourth-order valence-corrected chi connectivity index (χ4v) is 1.81. The highest BCUT2D eigenvalue weighted by molar-refractivity contribution is 5.46. The van der Waals surface area contributed by atoms with Crippen LogP contribution >= 0.6 is 0 Å². The zero-order valence-corrected chi connectivity index (χ0v) is 9.52. The molecule has 4 N–H and O–H groups in total. The number of hydrogen-bond acceptors (Lipinski definition) is 3. The van der Waals surface area contributed by atoms with Gasteiger partial charge in [0.25, 0.3) is 0 Å². The molecular formula is C13H14FN3. The molecule has 0 bridgehead atoms. The minimum absolute atomic E-state index is 0.302. The molecule has 4 heteroatoms. The summed E-state index contributed by atoms with van der Waals surface area (Å²) >= 11 is 0. The van der Waals surface area contributed by atoms with Crippen molar-refractivity contribution in [2.45, 2.75) is 13.0 Å². The Morgan fingerprint density at radius 1 is 1.24 bits per heavy atom. The lowest BCUT2D eigenvalue weighted by Gasteiger charge is -2.16. The lowest BCUT2D eigenvalue weighted by molar-refractivity contribution is 0.622. The highest BCUT2D eigenvalue weighted by Gasteiger charge is 2.15. The van der Waals surface area contributed by atoms with Crippen molar-refractivity contribution in [3.8, 4) is 0 Å². The van der Waals surface area contributed by atoms with E-state index in [9.17, 15) is 4.39 Å². The van der Waals surface area contributed by atoms with E-state index in [1.54, 1.807) is 24.4 Å². The van der Waals surface area contributed by atoms with Crippen LogP contribution in [0.15, 0.2) is 36.5 Å². The van der Waals surface area contributed by atoms with Crippen molar-refractivity contribution < 1.29 is 4.39 Å². The maximum Gasteiger partial charge on any atom is 0.128 e. The number of nitrogens with two attached hydrogens (primary N) is 2. The third-order valence-electron chi connectivity index (χ3n) is 2.78. The van der Waals surface area contributed by atoms with E-state index in [1.165, 1.54) is 12.1 Å². The topological polar surface area (TPSA) is 64.9 Å². The van der Waals surface area contributed by atoms with Gasteiger partial charge in [0.05, 0.1) is 6.04 Å². The second-order valence-electron chi connectivity index (χ2n) is 3.96. The van der Waals surface area contributed by atoms with E-state index in [2.05, 4.69) is 4.98 Å². The Morgan fingerprint density at radius 2 is 2.00 bits per heavy atom. The predicted octanol–water partition coefficient (Wildman–Crippen LogP) is 2.16. The van der Waals surface area contributed by atoms with Gasteiger partial charge in [-0.15, -0.1) is 0 Å². The van der Waals surface area contributed by atoms with E-state index in [0.29, 0.717) is 11.4 Å². The van der Waals surface area contributed by atoms with Gasteiger partial charge in [-0.1, -0.05) is 12.1 Å². The Labute approximate surface area is 99.3 Å². The molecule has 2 rings (SSSR count). The summed E-state index contributed by atoms with van der Waals surface area (Å²) in [5.74, 6) is 0.0761. The number of rotatable bonds is 2. The van der Waals surface area contributed by atoms with Gasteiger partial charge in [-0.25, -0.2) is 9.37 Å². The zero-order valence-electron chi connectivity index (χ0n) is 9.52. The first-order chi connectivity index (χ1) is 8.09. The number of aryl methyl sites for hydroxylation is 1. The van der Waals surface area contributed by atoms with Crippen LogP contribution in [0.5, 0.6) is 0 Å². The second-order valence-corrected chi connectivity index (χ2v) is 3.96. The Hall–Kier alpha value is -1.94. The minimum atomic E-state index is -0.459. The highest BCUT2D eigenvalue weighted by atomic mass is 19.1. The summed E-state index contributed by atoms with van der Waals surface area (Å²) in [4.78, 5) is 3.98. The normalized spacial score (nSPS) is 12.4. The summed E-state index contributed by atoms with van der Waals surface area (Å²) in [5, 5.41) is 0. The molecule has 2 aromatic rings. The molecule has 1 unspecified atom stereocenters. The van der Waals surface area contributed by atoms with Crippen molar-refractivity contribution in [2.24, 2.45) is 5.73 Å². The number of anilines is 1. The standard InChI is InChI=1S/C13H14FN3/c1-8-4-5-9(14)7-11(8)12(15)10-3-2-6-17-13(10)16/h2-7,12H,15H2,1H3,(H2,16,17). The van der Waals surface area contributed by atoms with Gasteiger partial charge >= 0.3 is 0 Å². The molecule has 0 aliphatic heterocycles. The van der Waals surface area contributed by atoms with Crippen LogP contribution in [0.1, 0.15) is 22.7 Å². The quantitative estimate of drug-likeness (QED) is 0.832. The smallest absolute Gasteiger partial charge is 0.128 e. The molecule has 1 aromatic carbocycles. The molecule has 1 atom stereocenters. The van der Waals surface area contributed by atoms with Gasteiger partial charge in [-0.2, -0.15) is 0 Å². The van der Waals surface area contributed by atoms with Gasteiger partial charge in [0, 0.05) is 11.8 Å². The second kappa shape index (κ2) is 4.51. The SMILES string of the molecule is Cc1ccc(F)cc1C(N)c1cccnc1N. The van der Waals surface area contributed by atoms with Crippen LogP contribution in [0, 0.1) is 12.7 Å². The summed E-state index contributed by atoms with van der Waals surface area (Å²) in [7, 11) is 0. The average Bonchev–Trinajstić information content (AvgIpc) is 2.32. The molecule has 0 saturated carbocycles. The van der Waals surface area contributed by atoms with Crippen LogP contribution in [0.4, 0.5) is 10.2 Å². The van der Waals surface area contributed by atoms with Crippen molar-refractivity contribution in [3.63, 3.8) is 0 Å². The largest absolute Gasteiger partial charge is 0.383 e. The lowest BCUT2D eigenvalue weighted by Crippen LogP contribution is -2.16. The molecule has 0 spiro atoms. The van der Waals surface area contributed by atoms with Gasteiger partial charge in [0.2, 0.25) is 0 Å². The molecular weight excluding hydrogens is 217 g/mol. The molecule has 0 aliphatic rings.